The van der Waals surface area contributed by atoms with Crippen LogP contribution in [0.4, 0.5) is 27.7 Å². The van der Waals surface area contributed by atoms with E-state index < -0.39 is 39.9 Å². The van der Waals surface area contributed by atoms with Crippen molar-refractivity contribution in [3.63, 3.8) is 0 Å². The van der Waals surface area contributed by atoms with Crippen molar-refractivity contribution < 1.29 is 65.7 Å². The maximum absolute atomic E-state index is 14.5. The minimum absolute atomic E-state index is 0.00702. The maximum atomic E-state index is 14.5. The molecule has 0 aliphatic carbocycles. The summed E-state index contributed by atoms with van der Waals surface area (Å²) >= 11 is 12.5. The number of rotatable bonds is 32. The molecule has 1 unspecified atom stereocenters. The number of nitrogens with one attached hydrogen (secondary N) is 5. The number of carboxylic acids is 1. The molecule has 4 amide bonds. The van der Waals surface area contributed by atoms with Crippen LogP contribution in [0.15, 0.2) is 169 Å². The quantitative estimate of drug-likeness (QED) is 0.0228. The normalized spacial score (nSPS) is 16.2. The standard InChI is InChI=1S/C29H33FN4O3.C29H35N5O5S.C27H28Cl2N4O2.C27H31N5O3/c1-18(35)15-25(22-8-11-27(37-3)24(30)16-22)34-14-13-33-19(2)21(17-26(33)29(34)36)7-10-23-9-6-20-5-4-12-31-28(20)32-23;1-18-13-19(2)26(20(3)14-18)40(38,39)32-24(29(36)37)17-34-12-11-33-16-21(15-25(33)28(34)35)6-8-23-9-7-22-5-4-10-30-27(22)31-23;1-17(34)11-24(20-13-21(28)15-22(29)14-20)33-10-9-32-16-18(12-25(32)27(33)35)4-6-23-7-5-19-3-2-8-30-26(19)31-23;1-18(33)14-23(21-7-10-25(35-2)29-16-21)32-13-12-31-17-19(15-24(31)27(32)34)5-8-22-9-6-20-4-3-11-28-26(20)30-22/h6,8-9,11,16-17,25H,4-5,7,10,12-15H2,1-3H3,(H,31,32);7,9,13-16,24,32H,4-6,8,10-12,17H2,1-3H3,(H,30,31)(H,36,37);5,7,12-16,24H,2-4,6,8-11H2,1H3,(H,30,31);3-4,7,10-11,15-17,22-23H,5-6,8-9,12-14H2,1-2H3,(H,28,30)/t25-;2*24-;22?,23-/m0000/s1. The van der Waals surface area contributed by atoms with Crippen molar-refractivity contribution in [2.45, 2.75) is 232 Å². The van der Waals surface area contributed by atoms with Gasteiger partial charge in [0, 0.05) is 174 Å². The third kappa shape index (κ3) is 24.8. The molecule has 17 heterocycles. The van der Waals surface area contributed by atoms with Gasteiger partial charge in [-0.3, -0.25) is 38.4 Å². The number of aliphatic carboxylic acids is 1. The Hall–Kier alpha value is -13.9. The number of amides is 4. The van der Waals surface area contributed by atoms with Gasteiger partial charge in [0.25, 0.3) is 23.6 Å². The molecule has 5 atom stereocenters. The number of anilines is 4. The molecule has 0 saturated carbocycles. The number of fused-ring (bicyclic) bond motifs is 8. The number of benzene rings is 3. The topological polar surface area (TPSA) is 367 Å². The Morgan fingerprint density at radius 1 is 0.503 bits per heavy atom. The zero-order valence-corrected chi connectivity index (χ0v) is 86.9. The van der Waals surface area contributed by atoms with Gasteiger partial charge < -0.3 is 73.7 Å². The number of halogens is 3. The summed E-state index contributed by atoms with van der Waals surface area (Å²) in [6.07, 6.45) is 25.5. The largest absolute Gasteiger partial charge is 0.494 e. The van der Waals surface area contributed by atoms with Gasteiger partial charge in [-0.15, -0.1) is 0 Å². The van der Waals surface area contributed by atoms with Crippen LogP contribution in [0.3, 0.4) is 0 Å². The highest BCUT2D eigenvalue weighted by molar-refractivity contribution is 7.89. The minimum Gasteiger partial charge on any atom is -0.494 e. The molecule has 6 N–H and O–H groups in total. The summed E-state index contributed by atoms with van der Waals surface area (Å²) in [6, 6.07) is 39.3. The molecule has 8 aliphatic rings. The highest BCUT2D eigenvalue weighted by Gasteiger charge is 2.40. The van der Waals surface area contributed by atoms with Crippen LogP contribution >= 0.6 is 23.2 Å². The number of carbonyl (C=O) groups excluding carboxylic acids is 7. The van der Waals surface area contributed by atoms with Gasteiger partial charge in [0.15, 0.2) is 11.6 Å². The van der Waals surface area contributed by atoms with E-state index in [2.05, 4.69) is 107 Å². The number of hydrogen-bond donors (Lipinski definition) is 6. The van der Waals surface area contributed by atoms with Crippen molar-refractivity contribution in [2.75, 3.05) is 87.8 Å². The Bertz CT molecular complexity index is 7050. The van der Waals surface area contributed by atoms with Crippen molar-refractivity contribution in [3.05, 3.63) is 304 Å². The number of ketones is 3. The molecular weight excluding hydrogens is 1930 g/mol. The van der Waals surface area contributed by atoms with Gasteiger partial charge in [-0.1, -0.05) is 77.3 Å². The number of hydrogen-bond acceptors (Lipinski definition) is 21. The second kappa shape index (κ2) is 46.5. The average molecular weight is 2060 g/mol. The second-order valence-corrected chi connectivity index (χ2v) is 42.0. The lowest BCUT2D eigenvalue weighted by Crippen LogP contribution is -2.52. The zero-order chi connectivity index (χ0) is 104. The third-order valence-electron chi connectivity index (χ3n) is 28.9. The van der Waals surface area contributed by atoms with Gasteiger partial charge in [0.2, 0.25) is 15.9 Å². The van der Waals surface area contributed by atoms with Crippen LogP contribution in [0.1, 0.15) is 233 Å². The summed E-state index contributed by atoms with van der Waals surface area (Å²) in [6.45, 7) is 18.8. The summed E-state index contributed by atoms with van der Waals surface area (Å²) in [5.74, 6) is 2.15. The van der Waals surface area contributed by atoms with Crippen LogP contribution in [0, 0.1) is 33.5 Å². The first-order valence-electron chi connectivity index (χ1n) is 50.7. The number of aromatic nitrogens is 9. The van der Waals surface area contributed by atoms with Gasteiger partial charge in [-0.2, -0.15) is 4.72 Å². The smallest absolute Gasteiger partial charge is 0.323 e. The molecule has 3 aromatic carbocycles. The lowest BCUT2D eigenvalue weighted by atomic mass is 9.96. The van der Waals surface area contributed by atoms with E-state index in [4.69, 9.17) is 47.6 Å². The van der Waals surface area contributed by atoms with E-state index in [0.717, 1.165) is 201 Å². The molecule has 31 nitrogen and oxygen atoms in total. The van der Waals surface area contributed by atoms with E-state index in [-0.39, 0.29) is 90.0 Å². The van der Waals surface area contributed by atoms with Gasteiger partial charge in [-0.05, 0) is 302 Å². The molecule has 20 rings (SSSR count). The monoisotopic (exact) mass is 2050 g/mol. The fraction of sp³-hybridized carbons (Fsp3) is 0.402. The maximum Gasteiger partial charge on any atom is 0.323 e. The van der Waals surface area contributed by atoms with Crippen LogP contribution in [0.5, 0.6) is 11.6 Å². The number of methoxy groups -OCH3 is 2. The summed E-state index contributed by atoms with van der Waals surface area (Å²) in [5, 5.41) is 24.5. The zero-order valence-electron chi connectivity index (χ0n) is 84.6. The molecule has 0 bridgehead atoms. The summed E-state index contributed by atoms with van der Waals surface area (Å²) in [7, 11) is -1.16. The van der Waals surface area contributed by atoms with E-state index in [1.165, 1.54) is 47.3 Å². The van der Waals surface area contributed by atoms with Crippen LogP contribution in [0.2, 0.25) is 10.0 Å². The Labute approximate surface area is 866 Å². The highest BCUT2D eigenvalue weighted by atomic mass is 35.5. The molecule has 770 valence electrons. The van der Waals surface area contributed by atoms with Gasteiger partial charge in [0.1, 0.15) is 69.4 Å². The molecule has 0 fully saturated rings. The number of Topliss-reactive ketones (excluding diaryl/α,β-unsaturated/α-hetero) is 3. The number of sulfonamides is 1. The summed E-state index contributed by atoms with van der Waals surface area (Å²) < 4.78 is 61.4. The molecule has 0 radical (unpaired) electrons. The fourth-order valence-corrected chi connectivity index (χ4v) is 23.6. The predicted octanol–water partition coefficient (Wildman–Crippen LogP) is 16.8. The van der Waals surface area contributed by atoms with Crippen LogP contribution in [-0.2, 0) is 126 Å². The van der Waals surface area contributed by atoms with E-state index in [1.807, 2.05) is 69.7 Å². The molecule has 9 aromatic heterocycles. The second-order valence-electron chi connectivity index (χ2n) is 39.5. The molecule has 0 spiro atoms. The van der Waals surface area contributed by atoms with E-state index in [0.29, 0.717) is 114 Å². The minimum atomic E-state index is -4.13. The molecule has 8 aliphatic heterocycles. The number of carbonyl (C=O) groups is 8. The molecule has 35 heteroatoms. The first kappa shape index (κ1) is 104. The number of nitrogens with zero attached hydrogens (tertiary/aromatic N) is 13. The Kier molecular flexibility index (Phi) is 33.0. The number of aryl methyl sites for hydroxylation is 14. The number of pyridine rings is 5. The average Bonchev–Trinajstić information content (AvgIpc) is 1.62. The Balaban J connectivity index is 0.000000134. The SMILES string of the molecule is CC(=O)C[C@@H](c1cc(Cl)cc(Cl)c1)N1CCn2cc(CCc3ccc4c(n3)NCCC4)cc2C1=O.COc1ccc([C@H](CC(C)=O)N2CCn3c(cc(CCc4ccc5c(n4)NCCC5)c3C)C2=O)cc1F.COc1ccc([C@H](CC(C)=O)N2CCn3cc(CCC4CCc5cccnc5N4)cc3C2=O)cn1.Cc1cc(C)c(S(=O)(=O)N[C@@H](CN2CCn3cc(CCc4ccc5c(n4)NCCC5)cc3C2=O)C(=O)O)c(C)c1. The molecule has 0 saturated heterocycles. The Morgan fingerprint density at radius 2 is 0.986 bits per heavy atom. The Morgan fingerprint density at radius 3 is 1.49 bits per heavy atom. The first-order valence-corrected chi connectivity index (χ1v) is 53.0. The van der Waals surface area contributed by atoms with Gasteiger partial charge in [-0.25, -0.2) is 37.7 Å². The van der Waals surface area contributed by atoms with E-state index in [1.54, 1.807) is 99.3 Å². The third-order valence-corrected chi connectivity index (χ3v) is 31.1. The summed E-state index contributed by atoms with van der Waals surface area (Å²) in [4.78, 5) is 132. The van der Waals surface area contributed by atoms with Crippen molar-refractivity contribution in [1.29, 1.82) is 0 Å². The lowest BCUT2D eigenvalue weighted by molar-refractivity contribution is -0.139. The van der Waals surface area contributed by atoms with Crippen LogP contribution < -0.4 is 35.5 Å². The van der Waals surface area contributed by atoms with E-state index >= 15 is 0 Å². The predicted molar refractivity (Wildman–Crippen MR) is 562 cm³/mol. The van der Waals surface area contributed by atoms with Gasteiger partial charge in [0.05, 0.1) is 37.2 Å². The number of carboxylic acid groups (broad SMARTS) is 1. The van der Waals surface area contributed by atoms with Gasteiger partial charge >= 0.3 is 5.97 Å². The van der Waals surface area contributed by atoms with Crippen LogP contribution in [-0.4, -0.2) is 202 Å². The molecular formula is C112H127Cl2FN18O13S. The number of ether oxygens (including phenoxy) is 2. The first-order chi connectivity index (χ1) is 70.7. The fourth-order valence-electron chi connectivity index (χ4n) is 21.5. The van der Waals surface area contributed by atoms with Crippen molar-refractivity contribution in [3.8, 4) is 11.6 Å². The van der Waals surface area contributed by atoms with Crippen molar-refractivity contribution in [2.24, 2.45) is 0 Å². The van der Waals surface area contributed by atoms with Crippen molar-refractivity contribution in [1.82, 2.24) is 67.5 Å². The van der Waals surface area contributed by atoms with Crippen LogP contribution in [0.25, 0.3) is 0 Å². The summed E-state index contributed by atoms with van der Waals surface area (Å²) in [5.41, 5.74) is 20.2. The highest BCUT2D eigenvalue weighted by Crippen LogP contribution is 2.39. The molecule has 147 heavy (non-hydrogen) atoms. The lowest BCUT2D eigenvalue weighted by Gasteiger charge is -2.35. The molecule has 12 aromatic rings. The van der Waals surface area contributed by atoms with E-state index in [9.17, 15) is 56.3 Å². The van der Waals surface area contributed by atoms with Crippen molar-refractivity contribution >= 4 is 103 Å².